The zero-order chi connectivity index (χ0) is 15.6. The van der Waals surface area contributed by atoms with Gasteiger partial charge in [0.1, 0.15) is 11.5 Å². The van der Waals surface area contributed by atoms with Crippen LogP contribution in [0.4, 0.5) is 0 Å². The molecule has 0 saturated heterocycles. The topological polar surface area (TPSA) is 29.5 Å². The van der Waals surface area contributed by atoms with Crippen LogP contribution >= 0.6 is 27.5 Å². The number of aliphatic hydroxyl groups is 1. The Hall–Kier alpha value is -1.03. The van der Waals surface area contributed by atoms with E-state index in [1.54, 1.807) is 0 Å². The van der Waals surface area contributed by atoms with E-state index in [0.29, 0.717) is 5.92 Å². The van der Waals surface area contributed by atoms with Crippen molar-refractivity contribution >= 4 is 27.5 Å². The molecule has 0 unspecified atom stereocenters. The molecule has 0 aliphatic rings. The van der Waals surface area contributed by atoms with Gasteiger partial charge >= 0.3 is 0 Å². The maximum absolute atomic E-state index is 9.19. The average molecular weight is 370 g/mol. The predicted molar refractivity (Wildman–Crippen MR) is 90.4 cm³/mol. The third-order valence-electron chi connectivity index (χ3n) is 3.34. The number of aliphatic hydroxyl groups excluding tert-OH is 1. The monoisotopic (exact) mass is 368 g/mol. The van der Waals surface area contributed by atoms with E-state index in [2.05, 4.69) is 29.8 Å². The molecule has 4 heteroatoms. The SMILES string of the molecule is Cc1cc(Cl)c(C(C)C)cc1Oc1ccc(CO)c(Br)c1. The van der Waals surface area contributed by atoms with Crippen LogP contribution in [0.5, 0.6) is 11.5 Å². The van der Waals surface area contributed by atoms with Crippen LogP contribution in [0.15, 0.2) is 34.8 Å². The van der Waals surface area contributed by atoms with Crippen molar-refractivity contribution in [2.24, 2.45) is 0 Å². The minimum atomic E-state index is -0.00165. The minimum Gasteiger partial charge on any atom is -0.457 e. The van der Waals surface area contributed by atoms with Gasteiger partial charge in [0, 0.05) is 9.50 Å². The Labute approximate surface area is 138 Å². The smallest absolute Gasteiger partial charge is 0.130 e. The fraction of sp³-hybridized carbons (Fsp3) is 0.294. The summed E-state index contributed by atoms with van der Waals surface area (Å²) < 4.78 is 6.80. The molecule has 2 nitrogen and oxygen atoms in total. The third kappa shape index (κ3) is 3.79. The highest BCUT2D eigenvalue weighted by Gasteiger charge is 2.11. The molecular formula is C17H18BrClO2. The fourth-order valence-electron chi connectivity index (χ4n) is 2.07. The molecule has 0 atom stereocenters. The molecule has 0 saturated carbocycles. The number of rotatable bonds is 4. The maximum atomic E-state index is 9.19. The lowest BCUT2D eigenvalue weighted by Crippen LogP contribution is -1.95. The molecular weight excluding hydrogens is 352 g/mol. The number of aryl methyl sites for hydroxylation is 1. The van der Waals surface area contributed by atoms with Crippen molar-refractivity contribution in [1.82, 2.24) is 0 Å². The molecule has 2 rings (SSSR count). The van der Waals surface area contributed by atoms with E-state index in [0.717, 1.165) is 37.7 Å². The zero-order valence-corrected chi connectivity index (χ0v) is 14.6. The number of benzene rings is 2. The van der Waals surface area contributed by atoms with E-state index in [4.69, 9.17) is 16.3 Å². The van der Waals surface area contributed by atoms with Crippen LogP contribution < -0.4 is 4.74 Å². The summed E-state index contributed by atoms with van der Waals surface area (Å²) in [4.78, 5) is 0. The quantitative estimate of drug-likeness (QED) is 0.736. The average Bonchev–Trinajstić information content (AvgIpc) is 2.41. The Balaban J connectivity index is 2.35. The first-order valence-electron chi connectivity index (χ1n) is 6.79. The highest BCUT2D eigenvalue weighted by atomic mass is 79.9. The van der Waals surface area contributed by atoms with Gasteiger partial charge in [-0.05, 0) is 53.8 Å². The third-order valence-corrected chi connectivity index (χ3v) is 4.40. The van der Waals surface area contributed by atoms with Crippen LogP contribution in [0.3, 0.4) is 0 Å². The second-order valence-electron chi connectivity index (χ2n) is 5.31. The van der Waals surface area contributed by atoms with Crippen molar-refractivity contribution in [2.75, 3.05) is 0 Å². The summed E-state index contributed by atoms with van der Waals surface area (Å²) >= 11 is 9.70. The largest absolute Gasteiger partial charge is 0.457 e. The minimum absolute atomic E-state index is 0.00165. The van der Waals surface area contributed by atoms with Crippen molar-refractivity contribution in [3.05, 3.63) is 56.5 Å². The molecule has 21 heavy (non-hydrogen) atoms. The van der Waals surface area contributed by atoms with E-state index in [9.17, 15) is 5.11 Å². The lowest BCUT2D eigenvalue weighted by atomic mass is 10.0. The van der Waals surface area contributed by atoms with E-state index in [1.807, 2.05) is 37.3 Å². The summed E-state index contributed by atoms with van der Waals surface area (Å²) in [6, 6.07) is 9.47. The molecule has 1 N–H and O–H groups in total. The van der Waals surface area contributed by atoms with Gasteiger partial charge in [0.25, 0.3) is 0 Å². The van der Waals surface area contributed by atoms with Gasteiger partial charge in [0.05, 0.1) is 6.61 Å². The Bertz CT molecular complexity index is 653. The molecule has 0 spiro atoms. The van der Waals surface area contributed by atoms with Crippen LogP contribution in [-0.2, 0) is 6.61 Å². The van der Waals surface area contributed by atoms with Gasteiger partial charge in [-0.25, -0.2) is 0 Å². The Morgan fingerprint density at radius 3 is 2.52 bits per heavy atom. The number of hydrogen-bond donors (Lipinski definition) is 1. The summed E-state index contributed by atoms with van der Waals surface area (Å²) in [5.41, 5.74) is 2.90. The van der Waals surface area contributed by atoms with Crippen molar-refractivity contribution in [3.8, 4) is 11.5 Å². The van der Waals surface area contributed by atoms with Crippen LogP contribution in [-0.4, -0.2) is 5.11 Å². The molecule has 0 fully saturated rings. The molecule has 0 aromatic heterocycles. The van der Waals surface area contributed by atoms with E-state index < -0.39 is 0 Å². The van der Waals surface area contributed by atoms with Crippen LogP contribution in [0, 0.1) is 6.92 Å². The van der Waals surface area contributed by atoms with Crippen molar-refractivity contribution in [1.29, 1.82) is 0 Å². The van der Waals surface area contributed by atoms with E-state index >= 15 is 0 Å². The molecule has 0 aliphatic carbocycles. The van der Waals surface area contributed by atoms with Gasteiger partial charge in [-0.3, -0.25) is 0 Å². The summed E-state index contributed by atoms with van der Waals surface area (Å²) in [5.74, 6) is 1.86. The zero-order valence-electron chi connectivity index (χ0n) is 12.3. The Morgan fingerprint density at radius 2 is 1.95 bits per heavy atom. The first-order chi connectivity index (χ1) is 9.92. The molecule has 0 bridgehead atoms. The summed E-state index contributed by atoms with van der Waals surface area (Å²) in [7, 11) is 0. The van der Waals surface area contributed by atoms with Gasteiger partial charge < -0.3 is 9.84 Å². The number of hydrogen-bond acceptors (Lipinski definition) is 2. The van der Waals surface area contributed by atoms with Gasteiger partial charge in [-0.15, -0.1) is 0 Å². The van der Waals surface area contributed by atoms with Crippen LogP contribution in [0.2, 0.25) is 5.02 Å². The molecule has 112 valence electrons. The highest BCUT2D eigenvalue weighted by molar-refractivity contribution is 9.10. The standard InChI is InChI=1S/C17H18BrClO2/c1-10(2)14-8-17(11(3)6-16(14)19)21-13-5-4-12(9-20)15(18)7-13/h4-8,10,20H,9H2,1-3H3. The lowest BCUT2D eigenvalue weighted by molar-refractivity contribution is 0.281. The molecule has 2 aromatic carbocycles. The van der Waals surface area contributed by atoms with Gasteiger partial charge in [-0.1, -0.05) is 47.4 Å². The first-order valence-corrected chi connectivity index (χ1v) is 7.96. The van der Waals surface area contributed by atoms with Crippen molar-refractivity contribution in [3.63, 3.8) is 0 Å². The predicted octanol–water partition coefficient (Wildman–Crippen LogP) is 5.82. The number of halogens is 2. The van der Waals surface area contributed by atoms with Crippen LogP contribution in [0.25, 0.3) is 0 Å². The Morgan fingerprint density at radius 1 is 1.24 bits per heavy atom. The number of ether oxygens (including phenoxy) is 1. The molecule has 2 aromatic rings. The summed E-state index contributed by atoms with van der Waals surface area (Å²) in [5, 5.41) is 9.96. The summed E-state index contributed by atoms with van der Waals surface area (Å²) in [6.07, 6.45) is 0. The lowest BCUT2D eigenvalue weighted by Gasteiger charge is -2.15. The molecule has 0 radical (unpaired) electrons. The van der Waals surface area contributed by atoms with Crippen molar-refractivity contribution in [2.45, 2.75) is 33.3 Å². The van der Waals surface area contributed by atoms with E-state index in [-0.39, 0.29) is 6.61 Å². The summed E-state index contributed by atoms with van der Waals surface area (Å²) in [6.45, 7) is 6.18. The fourth-order valence-corrected chi connectivity index (χ4v) is 2.99. The second-order valence-corrected chi connectivity index (χ2v) is 6.57. The van der Waals surface area contributed by atoms with Gasteiger partial charge in [0.2, 0.25) is 0 Å². The maximum Gasteiger partial charge on any atom is 0.130 e. The van der Waals surface area contributed by atoms with Crippen LogP contribution in [0.1, 0.15) is 36.5 Å². The van der Waals surface area contributed by atoms with Crippen molar-refractivity contribution < 1.29 is 9.84 Å². The highest BCUT2D eigenvalue weighted by Crippen LogP contribution is 2.34. The second kappa shape index (κ2) is 6.82. The molecule has 0 amide bonds. The molecule has 0 heterocycles. The molecule has 0 aliphatic heterocycles. The van der Waals surface area contributed by atoms with Gasteiger partial charge in [0.15, 0.2) is 0 Å². The Kier molecular flexibility index (Phi) is 5.31. The van der Waals surface area contributed by atoms with E-state index in [1.165, 1.54) is 0 Å². The normalized spacial score (nSPS) is 11.0. The first kappa shape index (κ1) is 16.3. The van der Waals surface area contributed by atoms with Gasteiger partial charge in [-0.2, -0.15) is 0 Å².